The van der Waals surface area contributed by atoms with Gasteiger partial charge in [-0.3, -0.25) is 4.79 Å². The molecule has 2 heterocycles. The molecular formula is C22H26N2O5. The summed E-state index contributed by atoms with van der Waals surface area (Å²) >= 11 is 0. The molecule has 29 heavy (non-hydrogen) atoms. The van der Waals surface area contributed by atoms with Gasteiger partial charge in [-0.1, -0.05) is 6.07 Å². The van der Waals surface area contributed by atoms with E-state index >= 15 is 0 Å². The average Bonchev–Trinajstić information content (AvgIpc) is 3.33. The van der Waals surface area contributed by atoms with Gasteiger partial charge in [-0.05, 0) is 55.9 Å². The maximum Gasteiger partial charge on any atom is 0.337 e. The standard InChI is InChI=1S/C22H26N2O5/c1-13-18(6-7-23-13)21(26)24-11-15-9-19(25)20(10-16(15)12-24)29-17-5-3-4-14(8-17)22(27)28-2/h3-8,15-16,19-20,23,25H,9-12H2,1-2H3/t15-,16+,19+,20+/m0/s1. The van der Waals surface area contributed by atoms with Crippen molar-refractivity contribution >= 4 is 11.9 Å². The molecule has 1 aliphatic carbocycles. The zero-order valence-corrected chi connectivity index (χ0v) is 16.6. The van der Waals surface area contributed by atoms with E-state index in [1.54, 1.807) is 30.5 Å². The van der Waals surface area contributed by atoms with Crippen molar-refractivity contribution in [3.63, 3.8) is 0 Å². The zero-order chi connectivity index (χ0) is 20.5. The van der Waals surface area contributed by atoms with Gasteiger partial charge < -0.3 is 24.5 Å². The van der Waals surface area contributed by atoms with Gasteiger partial charge in [-0.25, -0.2) is 4.79 Å². The van der Waals surface area contributed by atoms with Crippen molar-refractivity contribution in [3.8, 4) is 5.75 Å². The number of aliphatic hydroxyl groups excluding tert-OH is 1. The van der Waals surface area contributed by atoms with Crippen LogP contribution in [0.3, 0.4) is 0 Å². The monoisotopic (exact) mass is 398 g/mol. The van der Waals surface area contributed by atoms with Gasteiger partial charge in [0, 0.05) is 25.0 Å². The van der Waals surface area contributed by atoms with E-state index in [1.807, 2.05) is 17.9 Å². The lowest BCUT2D eigenvalue weighted by Crippen LogP contribution is -2.42. The minimum atomic E-state index is -0.609. The zero-order valence-electron chi connectivity index (χ0n) is 16.6. The van der Waals surface area contributed by atoms with Gasteiger partial charge in [0.1, 0.15) is 11.9 Å². The van der Waals surface area contributed by atoms with Crippen LogP contribution in [0.5, 0.6) is 5.75 Å². The number of methoxy groups -OCH3 is 1. The van der Waals surface area contributed by atoms with Crippen molar-refractivity contribution in [1.29, 1.82) is 0 Å². The van der Waals surface area contributed by atoms with Crippen LogP contribution in [-0.4, -0.2) is 59.3 Å². The van der Waals surface area contributed by atoms with E-state index in [-0.39, 0.29) is 23.8 Å². The summed E-state index contributed by atoms with van der Waals surface area (Å²) in [6.07, 6.45) is 2.07. The molecule has 1 aliphatic heterocycles. The van der Waals surface area contributed by atoms with Crippen molar-refractivity contribution in [2.24, 2.45) is 11.8 Å². The third-order valence-corrected chi connectivity index (χ3v) is 6.10. The van der Waals surface area contributed by atoms with Gasteiger partial charge >= 0.3 is 5.97 Å². The normalized spacial score (nSPS) is 26.1. The second-order valence-corrected chi connectivity index (χ2v) is 7.96. The number of nitrogens with one attached hydrogen (secondary N) is 1. The van der Waals surface area contributed by atoms with E-state index in [0.717, 1.165) is 5.69 Å². The Bertz CT molecular complexity index is 908. The third kappa shape index (κ3) is 3.87. The minimum Gasteiger partial charge on any atom is -0.488 e. The molecular weight excluding hydrogens is 372 g/mol. The number of hydrogen-bond donors (Lipinski definition) is 2. The van der Waals surface area contributed by atoms with Crippen LogP contribution in [0.4, 0.5) is 0 Å². The summed E-state index contributed by atoms with van der Waals surface area (Å²) in [5.41, 5.74) is 1.99. The van der Waals surface area contributed by atoms with E-state index in [0.29, 0.717) is 42.8 Å². The number of hydrogen-bond acceptors (Lipinski definition) is 5. The van der Waals surface area contributed by atoms with Gasteiger partial charge in [0.05, 0.1) is 24.3 Å². The van der Waals surface area contributed by atoms with Crippen LogP contribution in [0.25, 0.3) is 0 Å². The first kappa shape index (κ1) is 19.5. The number of nitrogens with zero attached hydrogens (tertiary/aromatic N) is 1. The largest absolute Gasteiger partial charge is 0.488 e. The average molecular weight is 398 g/mol. The number of amides is 1. The topological polar surface area (TPSA) is 91.9 Å². The second-order valence-electron chi connectivity index (χ2n) is 7.96. The summed E-state index contributed by atoms with van der Waals surface area (Å²) < 4.78 is 10.8. The first-order valence-corrected chi connectivity index (χ1v) is 9.92. The molecule has 2 fully saturated rings. The molecule has 0 spiro atoms. The number of H-pyrrole nitrogens is 1. The number of ether oxygens (including phenoxy) is 2. The van der Waals surface area contributed by atoms with Gasteiger partial charge in [0.2, 0.25) is 0 Å². The molecule has 2 aromatic rings. The van der Waals surface area contributed by atoms with E-state index < -0.39 is 12.1 Å². The molecule has 7 heteroatoms. The van der Waals surface area contributed by atoms with Crippen LogP contribution in [0.2, 0.25) is 0 Å². The lowest BCUT2D eigenvalue weighted by molar-refractivity contribution is -0.0231. The molecule has 2 aliphatic rings. The Hall–Kier alpha value is -2.80. The number of fused-ring (bicyclic) bond motifs is 1. The highest BCUT2D eigenvalue weighted by molar-refractivity contribution is 5.95. The molecule has 2 N–H and O–H groups in total. The van der Waals surface area contributed by atoms with Crippen LogP contribution in [0, 0.1) is 18.8 Å². The predicted molar refractivity (Wildman–Crippen MR) is 106 cm³/mol. The van der Waals surface area contributed by atoms with E-state index in [4.69, 9.17) is 9.47 Å². The number of rotatable bonds is 4. The second kappa shape index (κ2) is 7.91. The van der Waals surface area contributed by atoms with Crippen molar-refractivity contribution in [2.45, 2.75) is 32.0 Å². The summed E-state index contributed by atoms with van der Waals surface area (Å²) in [5.74, 6) is 0.703. The van der Waals surface area contributed by atoms with Gasteiger partial charge in [0.25, 0.3) is 5.91 Å². The Balaban J connectivity index is 1.43. The number of likely N-dealkylation sites (tertiary alicyclic amines) is 1. The van der Waals surface area contributed by atoms with Crippen molar-refractivity contribution in [2.75, 3.05) is 20.2 Å². The summed E-state index contributed by atoms with van der Waals surface area (Å²) in [7, 11) is 1.34. The summed E-state index contributed by atoms with van der Waals surface area (Å²) in [6, 6.07) is 8.60. The van der Waals surface area contributed by atoms with E-state index in [9.17, 15) is 14.7 Å². The number of carbonyl (C=O) groups is 2. The number of aryl methyl sites for hydroxylation is 1. The maximum atomic E-state index is 12.8. The smallest absolute Gasteiger partial charge is 0.337 e. The number of carbonyl (C=O) groups excluding carboxylic acids is 2. The lowest BCUT2D eigenvalue weighted by atomic mass is 9.78. The van der Waals surface area contributed by atoms with Gasteiger partial charge in [-0.15, -0.1) is 0 Å². The highest BCUT2D eigenvalue weighted by atomic mass is 16.5. The predicted octanol–water partition coefficient (Wildman–Crippen LogP) is 2.40. The van der Waals surface area contributed by atoms with Crippen LogP contribution >= 0.6 is 0 Å². The molecule has 1 saturated heterocycles. The molecule has 0 radical (unpaired) electrons. The molecule has 154 valence electrons. The molecule has 1 aromatic heterocycles. The van der Waals surface area contributed by atoms with Gasteiger partial charge in [0.15, 0.2) is 0 Å². The Morgan fingerprint density at radius 2 is 1.93 bits per heavy atom. The SMILES string of the molecule is COC(=O)c1cccc(O[C@@H]2C[C@@H]3CN(C(=O)c4cc[nH]c4C)C[C@@H]3C[C@H]2O)c1. The Labute approximate surface area is 169 Å². The van der Waals surface area contributed by atoms with Crippen molar-refractivity contribution in [1.82, 2.24) is 9.88 Å². The number of benzene rings is 1. The third-order valence-electron chi connectivity index (χ3n) is 6.10. The molecule has 0 unspecified atom stereocenters. The molecule has 0 bridgehead atoms. The first-order valence-electron chi connectivity index (χ1n) is 9.92. The fourth-order valence-electron chi connectivity index (χ4n) is 4.53. The van der Waals surface area contributed by atoms with Gasteiger partial charge in [-0.2, -0.15) is 0 Å². The number of aliphatic hydroxyl groups is 1. The molecule has 1 aromatic carbocycles. The van der Waals surface area contributed by atoms with Crippen LogP contribution in [-0.2, 0) is 4.74 Å². The molecule has 4 atom stereocenters. The van der Waals surface area contributed by atoms with Crippen LogP contribution in [0.1, 0.15) is 39.3 Å². The Morgan fingerprint density at radius 3 is 2.62 bits per heavy atom. The Morgan fingerprint density at radius 1 is 1.17 bits per heavy atom. The lowest BCUT2D eigenvalue weighted by Gasteiger charge is -2.35. The quantitative estimate of drug-likeness (QED) is 0.772. The highest BCUT2D eigenvalue weighted by Crippen LogP contribution is 2.38. The fraction of sp³-hybridized carbons (Fsp3) is 0.455. The summed E-state index contributed by atoms with van der Waals surface area (Å²) in [5, 5.41) is 10.6. The molecule has 1 saturated carbocycles. The first-order chi connectivity index (χ1) is 14.0. The maximum absolute atomic E-state index is 12.8. The number of aromatic amines is 1. The number of aromatic nitrogens is 1. The molecule has 1 amide bonds. The van der Waals surface area contributed by atoms with Crippen molar-refractivity contribution < 1.29 is 24.2 Å². The highest BCUT2D eigenvalue weighted by Gasteiger charge is 2.44. The van der Waals surface area contributed by atoms with Crippen LogP contribution < -0.4 is 4.74 Å². The summed E-state index contributed by atoms with van der Waals surface area (Å²) in [4.78, 5) is 29.5. The van der Waals surface area contributed by atoms with Crippen molar-refractivity contribution in [3.05, 3.63) is 53.3 Å². The minimum absolute atomic E-state index is 0.0379. The van der Waals surface area contributed by atoms with E-state index in [2.05, 4.69) is 4.98 Å². The fourth-order valence-corrected chi connectivity index (χ4v) is 4.53. The molecule has 4 rings (SSSR count). The molecule has 7 nitrogen and oxygen atoms in total. The van der Waals surface area contributed by atoms with E-state index in [1.165, 1.54) is 7.11 Å². The van der Waals surface area contributed by atoms with Crippen LogP contribution in [0.15, 0.2) is 36.5 Å². The number of esters is 1. The summed E-state index contributed by atoms with van der Waals surface area (Å²) in [6.45, 7) is 3.23. The Kier molecular flexibility index (Phi) is 5.32.